The van der Waals surface area contributed by atoms with Crippen molar-refractivity contribution in [3.05, 3.63) is 46.6 Å². The molecule has 0 bridgehead atoms. The third kappa shape index (κ3) is 3.54. The Bertz CT molecular complexity index is 635. The van der Waals surface area contributed by atoms with Crippen LogP contribution in [0.15, 0.2) is 24.5 Å². The van der Waals surface area contributed by atoms with E-state index in [0.717, 1.165) is 49.9 Å². The molecule has 3 heterocycles. The molecule has 0 amide bonds. The molecule has 0 atom stereocenters. The van der Waals surface area contributed by atoms with Crippen LogP contribution < -0.4 is 4.90 Å². The van der Waals surface area contributed by atoms with Gasteiger partial charge in [0, 0.05) is 45.1 Å². The van der Waals surface area contributed by atoms with Crippen molar-refractivity contribution in [1.82, 2.24) is 19.9 Å². The van der Waals surface area contributed by atoms with Gasteiger partial charge in [-0.15, -0.1) is 0 Å². The molecular formula is C16H20ClN5. The van der Waals surface area contributed by atoms with Crippen LogP contribution >= 0.6 is 11.6 Å². The zero-order chi connectivity index (χ0) is 15.5. The highest BCUT2D eigenvalue weighted by molar-refractivity contribution is 6.29. The van der Waals surface area contributed by atoms with Crippen LogP contribution in [0.1, 0.15) is 17.0 Å². The van der Waals surface area contributed by atoms with Crippen LogP contribution in [-0.2, 0) is 6.54 Å². The SMILES string of the molecule is Cc1cnc(C)c(N2CCN(Cc3ccc(Cl)nc3)CC2)n1. The van der Waals surface area contributed by atoms with E-state index in [1.54, 1.807) is 0 Å². The van der Waals surface area contributed by atoms with E-state index in [2.05, 4.69) is 24.8 Å². The van der Waals surface area contributed by atoms with Crippen molar-refractivity contribution < 1.29 is 0 Å². The fraction of sp³-hybridized carbons (Fsp3) is 0.438. The highest BCUT2D eigenvalue weighted by atomic mass is 35.5. The first-order valence-electron chi connectivity index (χ1n) is 7.50. The minimum Gasteiger partial charge on any atom is -0.353 e. The van der Waals surface area contributed by atoms with Gasteiger partial charge in [-0.25, -0.2) is 9.97 Å². The Hall–Kier alpha value is -1.72. The molecule has 1 fully saturated rings. The van der Waals surface area contributed by atoms with Crippen molar-refractivity contribution >= 4 is 17.4 Å². The number of rotatable bonds is 3. The average molecular weight is 318 g/mol. The van der Waals surface area contributed by atoms with E-state index < -0.39 is 0 Å². The van der Waals surface area contributed by atoms with Crippen LogP contribution in [-0.4, -0.2) is 46.0 Å². The molecule has 6 heteroatoms. The van der Waals surface area contributed by atoms with Gasteiger partial charge in [0.2, 0.25) is 0 Å². The second-order valence-electron chi connectivity index (χ2n) is 5.67. The van der Waals surface area contributed by atoms with Crippen molar-refractivity contribution in [3.8, 4) is 0 Å². The lowest BCUT2D eigenvalue weighted by molar-refractivity contribution is 0.249. The van der Waals surface area contributed by atoms with E-state index in [-0.39, 0.29) is 0 Å². The molecule has 22 heavy (non-hydrogen) atoms. The smallest absolute Gasteiger partial charge is 0.150 e. The number of nitrogens with zero attached hydrogens (tertiary/aromatic N) is 5. The summed E-state index contributed by atoms with van der Waals surface area (Å²) in [5.74, 6) is 1.02. The number of hydrogen-bond donors (Lipinski definition) is 0. The summed E-state index contributed by atoms with van der Waals surface area (Å²) in [4.78, 5) is 17.9. The summed E-state index contributed by atoms with van der Waals surface area (Å²) in [6.45, 7) is 8.89. The topological polar surface area (TPSA) is 45.2 Å². The predicted octanol–water partition coefficient (Wildman–Crippen LogP) is 2.46. The monoisotopic (exact) mass is 317 g/mol. The molecule has 3 rings (SSSR count). The van der Waals surface area contributed by atoms with Crippen LogP contribution in [0.3, 0.4) is 0 Å². The van der Waals surface area contributed by atoms with Gasteiger partial charge in [-0.05, 0) is 25.5 Å². The van der Waals surface area contributed by atoms with Crippen molar-refractivity contribution in [3.63, 3.8) is 0 Å². The molecule has 2 aromatic heterocycles. The van der Waals surface area contributed by atoms with Crippen molar-refractivity contribution in [2.24, 2.45) is 0 Å². The molecule has 1 saturated heterocycles. The first kappa shape index (κ1) is 15.2. The number of aromatic nitrogens is 3. The summed E-state index contributed by atoms with van der Waals surface area (Å²) in [6.07, 6.45) is 3.67. The number of pyridine rings is 1. The Balaban J connectivity index is 1.60. The van der Waals surface area contributed by atoms with Crippen molar-refractivity contribution in [1.29, 1.82) is 0 Å². The molecule has 116 valence electrons. The summed E-state index contributed by atoms with van der Waals surface area (Å²) in [7, 11) is 0. The number of piperazine rings is 1. The second kappa shape index (κ2) is 6.58. The quantitative estimate of drug-likeness (QED) is 0.814. The first-order valence-corrected chi connectivity index (χ1v) is 7.87. The fourth-order valence-electron chi connectivity index (χ4n) is 2.70. The molecule has 1 aliphatic heterocycles. The van der Waals surface area contributed by atoms with Crippen LogP contribution in [0.25, 0.3) is 0 Å². The molecular weight excluding hydrogens is 298 g/mol. The Morgan fingerprint density at radius 1 is 1.05 bits per heavy atom. The molecule has 0 saturated carbocycles. The molecule has 5 nitrogen and oxygen atoms in total. The van der Waals surface area contributed by atoms with Crippen molar-refractivity contribution in [2.45, 2.75) is 20.4 Å². The minimum atomic E-state index is 0.544. The number of anilines is 1. The zero-order valence-electron chi connectivity index (χ0n) is 13.0. The first-order chi connectivity index (χ1) is 10.6. The molecule has 0 radical (unpaired) electrons. The van der Waals surface area contributed by atoms with Gasteiger partial charge < -0.3 is 4.90 Å². The molecule has 0 unspecified atom stereocenters. The van der Waals surface area contributed by atoms with Gasteiger partial charge in [0.25, 0.3) is 0 Å². The van der Waals surface area contributed by atoms with Gasteiger partial charge in [-0.3, -0.25) is 9.88 Å². The molecule has 0 spiro atoms. The van der Waals surface area contributed by atoms with Gasteiger partial charge >= 0.3 is 0 Å². The van der Waals surface area contributed by atoms with Crippen molar-refractivity contribution in [2.75, 3.05) is 31.1 Å². The predicted molar refractivity (Wildman–Crippen MR) is 88.2 cm³/mol. The molecule has 1 aliphatic rings. The maximum Gasteiger partial charge on any atom is 0.150 e. The normalized spacial score (nSPS) is 16.0. The van der Waals surface area contributed by atoms with Gasteiger partial charge in [-0.2, -0.15) is 0 Å². The van der Waals surface area contributed by atoms with E-state index in [1.807, 2.05) is 38.4 Å². The van der Waals surface area contributed by atoms with Gasteiger partial charge in [-0.1, -0.05) is 17.7 Å². The molecule has 2 aromatic rings. The number of hydrogen-bond acceptors (Lipinski definition) is 5. The maximum atomic E-state index is 5.82. The zero-order valence-corrected chi connectivity index (χ0v) is 13.7. The van der Waals surface area contributed by atoms with E-state index in [9.17, 15) is 0 Å². The Kier molecular flexibility index (Phi) is 4.55. The summed E-state index contributed by atoms with van der Waals surface area (Å²) < 4.78 is 0. The second-order valence-corrected chi connectivity index (χ2v) is 6.06. The number of halogens is 1. The highest BCUT2D eigenvalue weighted by Gasteiger charge is 2.20. The van der Waals surface area contributed by atoms with Gasteiger partial charge in [0.1, 0.15) is 11.0 Å². The summed E-state index contributed by atoms with van der Waals surface area (Å²) in [6, 6.07) is 3.89. The minimum absolute atomic E-state index is 0.544. The summed E-state index contributed by atoms with van der Waals surface area (Å²) in [5, 5.41) is 0.544. The lowest BCUT2D eigenvalue weighted by Crippen LogP contribution is -2.46. The van der Waals surface area contributed by atoms with E-state index in [1.165, 1.54) is 5.56 Å². The standard InChI is InChI=1S/C16H20ClN5/c1-12-9-18-13(2)16(20-12)22-7-5-21(6-8-22)11-14-3-4-15(17)19-10-14/h3-4,9-10H,5-8,11H2,1-2H3. The van der Waals surface area contributed by atoms with E-state index >= 15 is 0 Å². The maximum absolute atomic E-state index is 5.82. The van der Waals surface area contributed by atoms with Gasteiger partial charge in [0.15, 0.2) is 0 Å². The lowest BCUT2D eigenvalue weighted by atomic mass is 10.2. The molecule has 0 N–H and O–H groups in total. The van der Waals surface area contributed by atoms with Gasteiger partial charge in [0.05, 0.1) is 11.4 Å². The van der Waals surface area contributed by atoms with Crippen LogP contribution in [0.2, 0.25) is 5.15 Å². The third-order valence-electron chi connectivity index (χ3n) is 3.92. The van der Waals surface area contributed by atoms with Crippen LogP contribution in [0, 0.1) is 13.8 Å². The Labute approximate surface area is 136 Å². The lowest BCUT2D eigenvalue weighted by Gasteiger charge is -2.35. The van der Waals surface area contributed by atoms with Crippen LogP contribution in [0.5, 0.6) is 0 Å². The molecule has 0 aliphatic carbocycles. The highest BCUT2D eigenvalue weighted by Crippen LogP contribution is 2.18. The fourth-order valence-corrected chi connectivity index (χ4v) is 2.81. The van der Waals surface area contributed by atoms with Crippen LogP contribution in [0.4, 0.5) is 5.82 Å². The number of aryl methyl sites for hydroxylation is 2. The summed E-state index contributed by atoms with van der Waals surface area (Å²) >= 11 is 5.82. The van der Waals surface area contributed by atoms with E-state index in [4.69, 9.17) is 11.6 Å². The van der Waals surface area contributed by atoms with E-state index in [0.29, 0.717) is 5.15 Å². The average Bonchev–Trinajstić information content (AvgIpc) is 2.53. The Morgan fingerprint density at radius 3 is 2.50 bits per heavy atom. The molecule has 0 aromatic carbocycles. The summed E-state index contributed by atoms with van der Waals surface area (Å²) in [5.41, 5.74) is 3.17. The third-order valence-corrected chi connectivity index (χ3v) is 4.14. The largest absolute Gasteiger partial charge is 0.353 e. The Morgan fingerprint density at radius 2 is 1.82 bits per heavy atom.